The summed E-state index contributed by atoms with van der Waals surface area (Å²) in [5, 5.41) is 21.3. The maximum Gasteiger partial charge on any atom is 0.269 e. The summed E-state index contributed by atoms with van der Waals surface area (Å²) in [5.41, 5.74) is 7.04. The van der Waals surface area contributed by atoms with Crippen LogP contribution in [0.2, 0.25) is 0 Å². The molecule has 232 valence electrons. The maximum absolute atomic E-state index is 12.9. The van der Waals surface area contributed by atoms with Crippen LogP contribution in [0.25, 0.3) is 0 Å². The molecular formula is C29H38N6O7S. The van der Waals surface area contributed by atoms with E-state index in [2.05, 4.69) is 21.3 Å². The number of carbonyl (C=O) groups excluding carboxylic acids is 5. The van der Waals surface area contributed by atoms with E-state index in [9.17, 15) is 34.1 Å². The second-order valence-electron chi connectivity index (χ2n) is 10.2. The molecule has 0 unspecified atom stereocenters. The zero-order valence-electron chi connectivity index (χ0n) is 24.4. The summed E-state index contributed by atoms with van der Waals surface area (Å²) in [5.74, 6) is -1.31. The van der Waals surface area contributed by atoms with Gasteiger partial charge in [0.15, 0.2) is 0 Å². The lowest BCUT2D eigenvalue weighted by molar-refractivity contribution is -0.384. The Bertz CT molecular complexity index is 1300. The van der Waals surface area contributed by atoms with Gasteiger partial charge in [-0.25, -0.2) is 0 Å². The minimum Gasteiger partial charge on any atom is -0.398 e. The van der Waals surface area contributed by atoms with Crippen molar-refractivity contribution in [3.05, 3.63) is 69.8 Å². The zero-order chi connectivity index (χ0) is 31.9. The molecule has 0 aromatic heterocycles. The fourth-order valence-electron chi connectivity index (χ4n) is 4.03. The maximum atomic E-state index is 12.9. The van der Waals surface area contributed by atoms with E-state index in [-0.39, 0.29) is 48.6 Å². The van der Waals surface area contributed by atoms with Gasteiger partial charge in [0, 0.05) is 56.4 Å². The van der Waals surface area contributed by atoms with Gasteiger partial charge in [-0.3, -0.25) is 34.1 Å². The Morgan fingerprint density at radius 2 is 1.60 bits per heavy atom. The molecule has 0 fully saturated rings. The molecule has 0 spiro atoms. The minimum absolute atomic E-state index is 0.0363. The number of amides is 4. The van der Waals surface area contributed by atoms with Crippen molar-refractivity contribution >= 4 is 51.9 Å². The summed E-state index contributed by atoms with van der Waals surface area (Å²) in [6.07, 6.45) is 0.408. The van der Waals surface area contributed by atoms with Crippen LogP contribution in [0.3, 0.4) is 0 Å². The van der Waals surface area contributed by atoms with Crippen molar-refractivity contribution in [1.82, 2.24) is 21.3 Å². The third kappa shape index (κ3) is 12.5. The largest absolute Gasteiger partial charge is 0.398 e. The van der Waals surface area contributed by atoms with E-state index >= 15 is 0 Å². The number of benzene rings is 2. The van der Waals surface area contributed by atoms with Gasteiger partial charge in [-0.15, -0.1) is 0 Å². The van der Waals surface area contributed by atoms with Gasteiger partial charge >= 0.3 is 0 Å². The Kier molecular flexibility index (Phi) is 14.1. The summed E-state index contributed by atoms with van der Waals surface area (Å²) in [7, 11) is 0. The van der Waals surface area contributed by atoms with Gasteiger partial charge in [-0.1, -0.05) is 49.9 Å². The first-order valence-corrected chi connectivity index (χ1v) is 14.7. The second kappa shape index (κ2) is 17.5. The Labute approximate surface area is 254 Å². The molecule has 2 aromatic carbocycles. The zero-order valence-corrected chi connectivity index (χ0v) is 25.2. The average molecular weight is 615 g/mol. The topological polar surface area (TPSA) is 203 Å². The van der Waals surface area contributed by atoms with Gasteiger partial charge in [-0.05, 0) is 30.0 Å². The number of nitrogens with zero attached hydrogens (tertiary/aromatic N) is 1. The number of non-ortho nitro benzene ring substituents is 1. The van der Waals surface area contributed by atoms with Gasteiger partial charge in [0.2, 0.25) is 22.8 Å². The second-order valence-corrected chi connectivity index (χ2v) is 11.3. The number of nitrogens with two attached hydrogens (primary N) is 1. The molecule has 0 bridgehead atoms. The Morgan fingerprint density at radius 1 is 0.930 bits per heavy atom. The quantitative estimate of drug-likeness (QED) is 0.0810. The molecule has 0 radical (unpaired) electrons. The van der Waals surface area contributed by atoms with Crippen molar-refractivity contribution < 1.29 is 28.9 Å². The van der Waals surface area contributed by atoms with Crippen LogP contribution in [0.5, 0.6) is 0 Å². The predicted octanol–water partition coefficient (Wildman–Crippen LogP) is 1.95. The van der Waals surface area contributed by atoms with Crippen LogP contribution >= 0.6 is 11.8 Å². The number of nitro groups is 1. The van der Waals surface area contributed by atoms with Crippen LogP contribution in [0, 0.1) is 16.0 Å². The first kappa shape index (κ1) is 34.7. The predicted molar refractivity (Wildman–Crippen MR) is 164 cm³/mol. The number of nitrogens with one attached hydrogen (secondary N) is 4. The van der Waals surface area contributed by atoms with Crippen LogP contribution in [0.1, 0.15) is 49.5 Å². The van der Waals surface area contributed by atoms with Crippen molar-refractivity contribution in [1.29, 1.82) is 0 Å². The van der Waals surface area contributed by atoms with Gasteiger partial charge in [0.25, 0.3) is 11.6 Å². The third-order valence-electron chi connectivity index (χ3n) is 6.10. The van der Waals surface area contributed by atoms with Crippen LogP contribution < -0.4 is 27.0 Å². The molecule has 0 saturated heterocycles. The summed E-state index contributed by atoms with van der Waals surface area (Å²) >= 11 is 1.00. The van der Waals surface area contributed by atoms with Crippen LogP contribution in [-0.4, -0.2) is 64.6 Å². The van der Waals surface area contributed by atoms with Crippen LogP contribution in [-0.2, 0) is 25.6 Å². The molecule has 13 nitrogen and oxygen atoms in total. The molecule has 0 aliphatic rings. The van der Waals surface area contributed by atoms with Crippen LogP contribution in [0.15, 0.2) is 48.5 Å². The molecule has 43 heavy (non-hydrogen) atoms. The molecule has 0 aliphatic heterocycles. The Hall–Kier alpha value is -4.46. The molecule has 0 aliphatic carbocycles. The van der Waals surface area contributed by atoms with E-state index < -0.39 is 34.7 Å². The van der Waals surface area contributed by atoms with E-state index in [0.717, 1.165) is 11.8 Å². The summed E-state index contributed by atoms with van der Waals surface area (Å²) in [6, 6.07) is 10.6. The fraction of sp³-hybridized carbons (Fsp3) is 0.414. The van der Waals surface area contributed by atoms with Gasteiger partial charge < -0.3 is 27.0 Å². The lowest BCUT2D eigenvalue weighted by Crippen LogP contribution is -2.48. The highest BCUT2D eigenvalue weighted by Crippen LogP contribution is 2.15. The highest BCUT2D eigenvalue weighted by atomic mass is 32.2. The van der Waals surface area contributed by atoms with E-state index in [4.69, 9.17) is 5.73 Å². The molecule has 2 rings (SSSR count). The summed E-state index contributed by atoms with van der Waals surface area (Å²) in [4.78, 5) is 72.5. The average Bonchev–Trinajstić information content (AvgIpc) is 2.94. The molecule has 2 atom stereocenters. The molecular weight excluding hydrogens is 576 g/mol. The lowest BCUT2D eigenvalue weighted by Gasteiger charge is -2.20. The number of hydrogen-bond donors (Lipinski definition) is 5. The van der Waals surface area contributed by atoms with Gasteiger partial charge in [0.1, 0.15) is 6.04 Å². The minimum atomic E-state index is -0.951. The molecule has 0 heterocycles. The normalized spacial score (nSPS) is 12.1. The summed E-state index contributed by atoms with van der Waals surface area (Å²) in [6.45, 7) is 5.31. The smallest absolute Gasteiger partial charge is 0.269 e. The third-order valence-corrected chi connectivity index (χ3v) is 7.07. The SMILES string of the molecule is CC(=O)N[C@@H](Cc1ccc([N+](=O)[O-])cc1)C(=O)NCCC(=O)N[C@@H](CC(C)C)C(=O)SCCNC(=O)c1ccccc1N. The molecule has 2 aromatic rings. The van der Waals surface area contributed by atoms with Crippen molar-refractivity contribution in [3.8, 4) is 0 Å². The van der Waals surface area contributed by atoms with E-state index in [1.54, 1.807) is 24.3 Å². The van der Waals surface area contributed by atoms with Gasteiger partial charge in [0.05, 0.1) is 16.5 Å². The van der Waals surface area contributed by atoms with Crippen LogP contribution in [0.4, 0.5) is 11.4 Å². The lowest BCUT2D eigenvalue weighted by atomic mass is 10.0. The van der Waals surface area contributed by atoms with Crippen molar-refractivity contribution in [2.24, 2.45) is 5.92 Å². The number of carbonyl (C=O) groups is 5. The number of para-hydroxylation sites is 1. The molecule has 6 N–H and O–H groups in total. The van der Waals surface area contributed by atoms with Crippen molar-refractivity contribution in [2.75, 3.05) is 24.6 Å². The number of hydrogen-bond acceptors (Lipinski definition) is 9. The highest BCUT2D eigenvalue weighted by Gasteiger charge is 2.24. The molecule has 4 amide bonds. The number of thioether (sulfide) groups is 1. The first-order valence-electron chi connectivity index (χ1n) is 13.7. The van der Waals surface area contributed by atoms with Crippen molar-refractivity contribution in [3.63, 3.8) is 0 Å². The Morgan fingerprint density at radius 3 is 2.21 bits per heavy atom. The fourth-order valence-corrected chi connectivity index (χ4v) is 4.80. The Balaban J connectivity index is 1.84. The first-order chi connectivity index (χ1) is 20.4. The standard InChI is InChI=1S/C29H38N6O7S/c1-18(2)16-25(29(40)43-15-14-32-27(38)22-6-4-5-7-23(22)30)34-26(37)12-13-31-28(39)24(33-19(3)36)17-20-8-10-21(11-9-20)35(41)42/h4-11,18,24-25H,12-17,30H2,1-3H3,(H,31,39)(H,32,38)(H,33,36)(H,34,37)/t24-,25-/m0/s1. The van der Waals surface area contributed by atoms with E-state index in [0.29, 0.717) is 29.0 Å². The number of nitro benzene ring substituents is 1. The van der Waals surface area contributed by atoms with Crippen molar-refractivity contribution in [2.45, 2.75) is 52.1 Å². The monoisotopic (exact) mass is 614 g/mol. The van der Waals surface area contributed by atoms with Gasteiger partial charge in [-0.2, -0.15) is 0 Å². The van der Waals surface area contributed by atoms with E-state index in [1.807, 2.05) is 13.8 Å². The number of anilines is 1. The number of nitrogen functional groups attached to an aromatic ring is 1. The number of rotatable bonds is 16. The summed E-state index contributed by atoms with van der Waals surface area (Å²) < 4.78 is 0. The molecule has 14 heteroatoms. The van der Waals surface area contributed by atoms with E-state index in [1.165, 1.54) is 31.2 Å². The highest BCUT2D eigenvalue weighted by molar-refractivity contribution is 8.13. The molecule has 0 saturated carbocycles.